The van der Waals surface area contributed by atoms with Crippen molar-refractivity contribution in [3.8, 4) is 22.8 Å². The van der Waals surface area contributed by atoms with E-state index < -0.39 is 0 Å². The summed E-state index contributed by atoms with van der Waals surface area (Å²) < 4.78 is 11.8. The summed E-state index contributed by atoms with van der Waals surface area (Å²) in [6.07, 6.45) is 3.33. The van der Waals surface area contributed by atoms with E-state index in [4.69, 9.17) is 9.47 Å². The van der Waals surface area contributed by atoms with E-state index in [-0.39, 0.29) is 11.8 Å². The van der Waals surface area contributed by atoms with Crippen molar-refractivity contribution in [2.24, 2.45) is 5.92 Å². The van der Waals surface area contributed by atoms with Crippen molar-refractivity contribution in [1.29, 1.82) is 0 Å². The Labute approximate surface area is 208 Å². The minimum atomic E-state index is -0.144. The number of anilines is 2. The molecular weight excluding hydrogens is 462 g/mol. The summed E-state index contributed by atoms with van der Waals surface area (Å²) in [5.41, 5.74) is 2.68. The summed E-state index contributed by atoms with van der Waals surface area (Å²) in [6.45, 7) is 4.02. The quantitative estimate of drug-likeness (QED) is 0.390. The van der Waals surface area contributed by atoms with Crippen LogP contribution in [0.15, 0.2) is 54.9 Å². The van der Waals surface area contributed by atoms with Crippen molar-refractivity contribution >= 4 is 38.4 Å². The molecule has 4 aromatic rings. The number of methoxy groups -OCH3 is 1. The maximum absolute atomic E-state index is 13.1. The Morgan fingerprint density at radius 3 is 2.77 bits per heavy atom. The summed E-state index contributed by atoms with van der Waals surface area (Å²) in [6, 6.07) is 15.5. The number of hydrogen-bond donors (Lipinski definition) is 1. The summed E-state index contributed by atoms with van der Waals surface area (Å²) in [5, 5.41) is 3.64. The number of hydrogen-bond acceptors (Lipinski definition) is 8. The lowest BCUT2D eigenvalue weighted by Crippen LogP contribution is -2.41. The zero-order valence-corrected chi connectivity index (χ0v) is 20.5. The first-order chi connectivity index (χ1) is 17.1. The Hall–Kier alpha value is -3.72. The highest BCUT2D eigenvalue weighted by Gasteiger charge is 2.27. The Balaban J connectivity index is 1.27. The van der Waals surface area contributed by atoms with Crippen molar-refractivity contribution in [2.45, 2.75) is 19.8 Å². The lowest BCUT2D eigenvalue weighted by Gasteiger charge is -2.32. The number of carbonyl (C=O) groups is 1. The van der Waals surface area contributed by atoms with Crippen LogP contribution in [0, 0.1) is 5.92 Å². The number of carbonyl (C=O) groups excluding carboxylic acids is 1. The summed E-state index contributed by atoms with van der Waals surface area (Å²) >= 11 is 1.46. The predicted molar refractivity (Wildman–Crippen MR) is 138 cm³/mol. The van der Waals surface area contributed by atoms with Crippen LogP contribution in [0.2, 0.25) is 0 Å². The summed E-state index contributed by atoms with van der Waals surface area (Å²) in [5.74, 6) is 2.28. The number of nitrogens with zero attached hydrogens (tertiary/aromatic N) is 4. The van der Waals surface area contributed by atoms with E-state index in [0.29, 0.717) is 18.3 Å². The van der Waals surface area contributed by atoms with Gasteiger partial charge in [-0.3, -0.25) is 4.79 Å². The number of piperidine rings is 1. The molecule has 1 saturated heterocycles. The molecule has 1 N–H and O–H groups in total. The van der Waals surface area contributed by atoms with Crippen LogP contribution in [0.1, 0.15) is 19.8 Å². The molecule has 2 aromatic carbocycles. The third-order valence-corrected chi connectivity index (χ3v) is 6.99. The van der Waals surface area contributed by atoms with E-state index >= 15 is 0 Å². The highest BCUT2D eigenvalue weighted by molar-refractivity contribution is 7.22. The third kappa shape index (κ3) is 5.19. The number of ether oxygens (including phenoxy) is 2. The average molecular weight is 490 g/mol. The van der Waals surface area contributed by atoms with Crippen LogP contribution in [0.25, 0.3) is 21.5 Å². The maximum atomic E-state index is 13.1. The maximum Gasteiger partial charge on any atom is 0.231 e. The first-order valence-corrected chi connectivity index (χ1v) is 12.5. The second kappa shape index (κ2) is 10.3. The lowest BCUT2D eigenvalue weighted by atomic mass is 9.97. The average Bonchev–Trinajstić information content (AvgIpc) is 3.30. The molecule has 3 heterocycles. The van der Waals surface area contributed by atoms with Crippen LogP contribution in [0.3, 0.4) is 0 Å². The fourth-order valence-corrected chi connectivity index (χ4v) is 5.16. The standard InChI is InChI=1S/C26H27N5O3S/c1-3-34-20-10-11-21-23(13-20)35-26(29-21)30-25(32)18-5-4-12-31(15-18)24-14-22(27-16-28-24)17-6-8-19(33-2)9-7-17/h6-11,13-14,16,18H,3-5,12,15H2,1-2H3,(H,29,30,32). The van der Waals surface area contributed by atoms with Crippen molar-refractivity contribution < 1.29 is 14.3 Å². The molecule has 0 radical (unpaired) electrons. The molecule has 0 aliphatic carbocycles. The molecule has 0 saturated carbocycles. The van der Waals surface area contributed by atoms with Gasteiger partial charge in [-0.05, 0) is 62.2 Å². The number of fused-ring (bicyclic) bond motifs is 1. The van der Waals surface area contributed by atoms with Crippen molar-refractivity contribution in [3.63, 3.8) is 0 Å². The normalized spacial score (nSPS) is 15.7. The Morgan fingerprint density at radius 1 is 1.14 bits per heavy atom. The molecule has 5 rings (SSSR count). The van der Waals surface area contributed by atoms with Crippen LogP contribution in [0.5, 0.6) is 11.5 Å². The number of amides is 1. The van der Waals surface area contributed by atoms with Gasteiger partial charge >= 0.3 is 0 Å². The van der Waals surface area contributed by atoms with Crippen LogP contribution in [0.4, 0.5) is 10.9 Å². The van der Waals surface area contributed by atoms with E-state index in [1.165, 1.54) is 11.3 Å². The Kier molecular flexibility index (Phi) is 6.76. The van der Waals surface area contributed by atoms with Gasteiger partial charge in [0.15, 0.2) is 5.13 Å². The monoisotopic (exact) mass is 489 g/mol. The lowest BCUT2D eigenvalue weighted by molar-refractivity contribution is -0.120. The van der Waals surface area contributed by atoms with Crippen LogP contribution >= 0.6 is 11.3 Å². The molecule has 1 fully saturated rings. The number of nitrogens with one attached hydrogen (secondary N) is 1. The molecule has 1 atom stereocenters. The van der Waals surface area contributed by atoms with E-state index in [1.807, 2.05) is 55.5 Å². The Bertz CT molecular complexity index is 1320. The van der Waals surface area contributed by atoms with Gasteiger partial charge in [0.05, 0.1) is 35.5 Å². The van der Waals surface area contributed by atoms with E-state index in [0.717, 1.165) is 58.2 Å². The first kappa shape index (κ1) is 23.0. The van der Waals surface area contributed by atoms with E-state index in [9.17, 15) is 4.79 Å². The molecule has 1 aliphatic rings. The molecule has 35 heavy (non-hydrogen) atoms. The van der Waals surface area contributed by atoms with Gasteiger partial charge in [0.25, 0.3) is 0 Å². The van der Waals surface area contributed by atoms with Crippen molar-refractivity contribution in [3.05, 3.63) is 54.9 Å². The Morgan fingerprint density at radius 2 is 1.97 bits per heavy atom. The highest BCUT2D eigenvalue weighted by Crippen LogP contribution is 2.31. The van der Waals surface area contributed by atoms with Gasteiger partial charge in [-0.2, -0.15) is 0 Å². The molecule has 1 unspecified atom stereocenters. The molecule has 0 spiro atoms. The minimum absolute atomic E-state index is 0.0109. The zero-order chi connectivity index (χ0) is 24.2. The van der Waals surface area contributed by atoms with Crippen LogP contribution in [-0.4, -0.2) is 47.7 Å². The van der Waals surface area contributed by atoms with Crippen molar-refractivity contribution in [1.82, 2.24) is 15.0 Å². The van der Waals surface area contributed by atoms with Gasteiger partial charge in [0, 0.05) is 24.7 Å². The number of rotatable bonds is 7. The molecular formula is C26H27N5O3S. The topological polar surface area (TPSA) is 89.5 Å². The van der Waals surface area contributed by atoms with Crippen LogP contribution in [-0.2, 0) is 4.79 Å². The summed E-state index contributed by atoms with van der Waals surface area (Å²) in [4.78, 5) is 28.8. The van der Waals surface area contributed by atoms with E-state index in [2.05, 4.69) is 25.2 Å². The smallest absolute Gasteiger partial charge is 0.231 e. The second-order valence-electron chi connectivity index (χ2n) is 8.35. The van der Waals surface area contributed by atoms with Gasteiger partial charge in [-0.15, -0.1) is 0 Å². The molecule has 0 bridgehead atoms. The van der Waals surface area contributed by atoms with Gasteiger partial charge in [0.2, 0.25) is 5.91 Å². The fraction of sp³-hybridized carbons (Fsp3) is 0.308. The molecule has 2 aromatic heterocycles. The molecule has 1 aliphatic heterocycles. The third-order valence-electron chi connectivity index (χ3n) is 6.06. The fourth-order valence-electron chi connectivity index (χ4n) is 4.26. The van der Waals surface area contributed by atoms with Gasteiger partial charge in [0.1, 0.15) is 23.6 Å². The number of benzene rings is 2. The van der Waals surface area contributed by atoms with Gasteiger partial charge in [-0.25, -0.2) is 15.0 Å². The van der Waals surface area contributed by atoms with Gasteiger partial charge < -0.3 is 19.7 Å². The molecule has 8 nitrogen and oxygen atoms in total. The number of aromatic nitrogens is 3. The molecule has 180 valence electrons. The largest absolute Gasteiger partial charge is 0.497 e. The van der Waals surface area contributed by atoms with E-state index in [1.54, 1.807) is 13.4 Å². The second-order valence-corrected chi connectivity index (χ2v) is 9.38. The summed E-state index contributed by atoms with van der Waals surface area (Å²) in [7, 11) is 1.65. The molecule has 1 amide bonds. The highest BCUT2D eigenvalue weighted by atomic mass is 32.1. The predicted octanol–water partition coefficient (Wildman–Crippen LogP) is 5.02. The molecule has 9 heteroatoms. The number of thiazole rings is 1. The minimum Gasteiger partial charge on any atom is -0.497 e. The van der Waals surface area contributed by atoms with Gasteiger partial charge in [-0.1, -0.05) is 11.3 Å². The van der Waals surface area contributed by atoms with Crippen molar-refractivity contribution in [2.75, 3.05) is 37.0 Å². The zero-order valence-electron chi connectivity index (χ0n) is 19.7. The SMILES string of the molecule is CCOc1ccc2nc(NC(=O)C3CCCN(c4cc(-c5ccc(OC)cc5)ncn4)C3)sc2c1. The van der Waals surface area contributed by atoms with Crippen LogP contribution < -0.4 is 19.7 Å². The first-order valence-electron chi connectivity index (χ1n) is 11.7.